The van der Waals surface area contributed by atoms with Gasteiger partial charge in [-0.15, -0.1) is 0 Å². The molecule has 4 rings (SSSR count). The summed E-state index contributed by atoms with van der Waals surface area (Å²) in [6.07, 6.45) is 8.10. The third-order valence-corrected chi connectivity index (χ3v) is 5.80. The van der Waals surface area contributed by atoms with E-state index in [1.54, 1.807) is 5.56 Å². The van der Waals surface area contributed by atoms with Crippen molar-refractivity contribution in [3.05, 3.63) is 34.9 Å². The zero-order chi connectivity index (χ0) is 12.8. The average Bonchev–Trinajstić information content (AvgIpc) is 2.43. The first-order valence-electron chi connectivity index (χ1n) is 7.37. The van der Waals surface area contributed by atoms with E-state index in [1.807, 2.05) is 0 Å². The summed E-state index contributed by atoms with van der Waals surface area (Å²) in [6, 6.07) is 6.99. The first-order valence-corrected chi connectivity index (χ1v) is 7.37. The molecule has 2 bridgehead atoms. The predicted octanol–water partition coefficient (Wildman–Crippen LogP) is 3.85. The summed E-state index contributed by atoms with van der Waals surface area (Å²) in [5.41, 5.74) is 11.5. The highest BCUT2D eigenvalue weighted by Crippen LogP contribution is 2.57. The van der Waals surface area contributed by atoms with Crippen LogP contribution in [0.4, 0.5) is 0 Å². The van der Waals surface area contributed by atoms with Crippen molar-refractivity contribution in [1.82, 2.24) is 0 Å². The number of hydrogen-bond donors (Lipinski definition) is 1. The minimum atomic E-state index is 0.479. The molecule has 0 amide bonds. The largest absolute Gasteiger partial charge is 0.330 e. The van der Waals surface area contributed by atoms with Gasteiger partial charge in [-0.3, -0.25) is 0 Å². The van der Waals surface area contributed by atoms with E-state index < -0.39 is 0 Å². The number of fused-ring (bicyclic) bond motifs is 3. The van der Waals surface area contributed by atoms with Crippen LogP contribution in [-0.4, -0.2) is 6.54 Å². The minimum absolute atomic E-state index is 0.479. The van der Waals surface area contributed by atoms with Crippen molar-refractivity contribution in [3.63, 3.8) is 0 Å². The summed E-state index contributed by atoms with van der Waals surface area (Å²) < 4.78 is 0. The monoisotopic (exact) mass is 243 g/mol. The highest BCUT2D eigenvalue weighted by Gasteiger charge is 2.48. The van der Waals surface area contributed by atoms with E-state index in [4.69, 9.17) is 5.73 Å². The molecule has 3 aliphatic carbocycles. The Hall–Kier alpha value is -0.820. The maximum absolute atomic E-state index is 6.01. The number of aryl methyl sites for hydroxylation is 2. The summed E-state index contributed by atoms with van der Waals surface area (Å²) in [6.45, 7) is 5.40. The van der Waals surface area contributed by atoms with Gasteiger partial charge in [0.2, 0.25) is 0 Å². The molecule has 98 valence electrons. The Balaban J connectivity index is 1.96. The fourth-order valence-corrected chi connectivity index (χ4v) is 4.28. The predicted molar refractivity (Wildman–Crippen MR) is 76.8 cm³/mol. The lowest BCUT2D eigenvalue weighted by atomic mass is 9.51. The second-order valence-electron chi connectivity index (χ2n) is 6.80. The molecule has 1 aromatic carbocycles. The van der Waals surface area contributed by atoms with E-state index in [9.17, 15) is 0 Å². The van der Waals surface area contributed by atoms with Crippen LogP contribution < -0.4 is 5.73 Å². The topological polar surface area (TPSA) is 26.0 Å². The van der Waals surface area contributed by atoms with Crippen LogP contribution in [0, 0.1) is 19.3 Å². The van der Waals surface area contributed by atoms with E-state index in [0.29, 0.717) is 10.8 Å². The van der Waals surface area contributed by atoms with Crippen LogP contribution in [0.1, 0.15) is 55.2 Å². The smallest absolute Gasteiger partial charge is 0.00205 e. The summed E-state index contributed by atoms with van der Waals surface area (Å²) >= 11 is 0. The van der Waals surface area contributed by atoms with E-state index in [2.05, 4.69) is 32.0 Å². The van der Waals surface area contributed by atoms with Gasteiger partial charge >= 0.3 is 0 Å². The molecule has 1 aromatic rings. The molecule has 3 aliphatic rings. The summed E-state index contributed by atoms with van der Waals surface area (Å²) in [7, 11) is 0. The number of hydrogen-bond acceptors (Lipinski definition) is 1. The Bertz CT molecular complexity index is 436. The average molecular weight is 243 g/mol. The van der Waals surface area contributed by atoms with Crippen molar-refractivity contribution in [3.8, 4) is 0 Å². The van der Waals surface area contributed by atoms with Crippen molar-refractivity contribution in [2.75, 3.05) is 6.54 Å². The normalized spacial score (nSPS) is 34.8. The van der Waals surface area contributed by atoms with E-state index in [1.165, 1.54) is 49.7 Å². The molecule has 0 saturated heterocycles. The summed E-state index contributed by atoms with van der Waals surface area (Å²) in [4.78, 5) is 0. The number of benzene rings is 1. The van der Waals surface area contributed by atoms with Gasteiger partial charge < -0.3 is 5.73 Å². The Kier molecular flexibility index (Phi) is 2.78. The van der Waals surface area contributed by atoms with Crippen LogP contribution in [0.2, 0.25) is 0 Å². The highest BCUT2D eigenvalue weighted by molar-refractivity contribution is 5.38. The molecule has 1 heteroatoms. The fraction of sp³-hybridized carbons (Fsp3) is 0.647. The van der Waals surface area contributed by atoms with Crippen molar-refractivity contribution >= 4 is 0 Å². The third kappa shape index (κ3) is 1.72. The van der Waals surface area contributed by atoms with Gasteiger partial charge in [-0.05, 0) is 80.9 Å². The zero-order valence-electron chi connectivity index (χ0n) is 11.8. The first kappa shape index (κ1) is 12.2. The Morgan fingerprint density at radius 1 is 1.00 bits per heavy atom. The van der Waals surface area contributed by atoms with Gasteiger partial charge in [0.1, 0.15) is 0 Å². The Labute approximate surface area is 111 Å². The van der Waals surface area contributed by atoms with Crippen LogP contribution >= 0.6 is 0 Å². The first-order chi connectivity index (χ1) is 8.59. The van der Waals surface area contributed by atoms with Crippen molar-refractivity contribution < 1.29 is 0 Å². The molecule has 0 unspecified atom stereocenters. The molecule has 18 heavy (non-hydrogen) atoms. The van der Waals surface area contributed by atoms with E-state index >= 15 is 0 Å². The van der Waals surface area contributed by atoms with Gasteiger partial charge in [0, 0.05) is 0 Å². The number of rotatable bonds is 2. The molecule has 0 aliphatic heterocycles. The standard InChI is InChI=1S/C17H25N/c1-13-3-4-14(2)15(11-13)17-8-5-16(12-18,6-9-17)7-10-17/h3-4,11H,5-10,12,18H2,1-2H3. The van der Waals surface area contributed by atoms with Gasteiger partial charge in [-0.1, -0.05) is 23.8 Å². The highest BCUT2D eigenvalue weighted by atomic mass is 14.6. The van der Waals surface area contributed by atoms with Crippen LogP contribution in [-0.2, 0) is 5.41 Å². The number of nitrogens with two attached hydrogens (primary N) is 1. The minimum Gasteiger partial charge on any atom is -0.330 e. The maximum Gasteiger partial charge on any atom is -0.00205 e. The molecule has 3 saturated carbocycles. The van der Waals surface area contributed by atoms with E-state index in [0.717, 1.165) is 6.54 Å². The molecule has 2 N–H and O–H groups in total. The Morgan fingerprint density at radius 3 is 2.17 bits per heavy atom. The van der Waals surface area contributed by atoms with Gasteiger partial charge in [-0.25, -0.2) is 0 Å². The molecule has 0 heterocycles. The lowest BCUT2D eigenvalue weighted by Gasteiger charge is -2.54. The van der Waals surface area contributed by atoms with Crippen LogP contribution in [0.25, 0.3) is 0 Å². The SMILES string of the molecule is Cc1ccc(C)c(C23CCC(CN)(CC2)CC3)c1. The molecule has 0 spiro atoms. The van der Waals surface area contributed by atoms with Gasteiger partial charge in [0.25, 0.3) is 0 Å². The fourth-order valence-electron chi connectivity index (χ4n) is 4.28. The second-order valence-corrected chi connectivity index (χ2v) is 6.80. The van der Waals surface area contributed by atoms with Crippen molar-refractivity contribution in [2.24, 2.45) is 11.1 Å². The molecule has 0 atom stereocenters. The van der Waals surface area contributed by atoms with Gasteiger partial charge in [-0.2, -0.15) is 0 Å². The van der Waals surface area contributed by atoms with Crippen LogP contribution in [0.15, 0.2) is 18.2 Å². The molecule has 3 fully saturated rings. The van der Waals surface area contributed by atoms with Crippen molar-refractivity contribution in [2.45, 2.75) is 57.8 Å². The zero-order valence-corrected chi connectivity index (χ0v) is 11.8. The molecule has 0 aromatic heterocycles. The summed E-state index contributed by atoms with van der Waals surface area (Å²) in [5, 5.41) is 0. The molecular formula is C17H25N. The lowest BCUT2D eigenvalue weighted by Crippen LogP contribution is -2.47. The molecule has 0 radical (unpaired) electrons. The lowest BCUT2D eigenvalue weighted by molar-refractivity contribution is 0.0468. The third-order valence-electron chi connectivity index (χ3n) is 5.80. The second kappa shape index (κ2) is 4.09. The molecular weight excluding hydrogens is 218 g/mol. The van der Waals surface area contributed by atoms with Gasteiger partial charge in [0.05, 0.1) is 0 Å². The molecule has 1 nitrogen and oxygen atoms in total. The quantitative estimate of drug-likeness (QED) is 0.838. The Morgan fingerprint density at radius 2 is 1.61 bits per heavy atom. The van der Waals surface area contributed by atoms with Crippen LogP contribution in [0.3, 0.4) is 0 Å². The van der Waals surface area contributed by atoms with Gasteiger partial charge in [0.15, 0.2) is 0 Å². The van der Waals surface area contributed by atoms with Crippen LogP contribution in [0.5, 0.6) is 0 Å². The van der Waals surface area contributed by atoms with E-state index in [-0.39, 0.29) is 0 Å². The van der Waals surface area contributed by atoms with Crippen molar-refractivity contribution in [1.29, 1.82) is 0 Å². The summed E-state index contributed by atoms with van der Waals surface area (Å²) in [5.74, 6) is 0. The maximum atomic E-state index is 6.01.